The third-order valence-corrected chi connectivity index (χ3v) is 6.56. The summed E-state index contributed by atoms with van der Waals surface area (Å²) in [6.07, 6.45) is 1.90. The lowest BCUT2D eigenvalue weighted by Gasteiger charge is -2.33. The van der Waals surface area contributed by atoms with Crippen LogP contribution in [0.3, 0.4) is 0 Å². The van der Waals surface area contributed by atoms with Gasteiger partial charge in [-0.3, -0.25) is 0 Å². The van der Waals surface area contributed by atoms with Crippen LogP contribution in [-0.4, -0.2) is 29.3 Å². The Kier molecular flexibility index (Phi) is 7.76. The number of nitrogens with zero attached hydrogens (tertiary/aromatic N) is 2. The van der Waals surface area contributed by atoms with Gasteiger partial charge in [0.1, 0.15) is 6.61 Å². The third kappa shape index (κ3) is 5.06. The average Bonchev–Trinajstić information content (AvgIpc) is 3.27. The van der Waals surface area contributed by atoms with Crippen LogP contribution in [0.25, 0.3) is 0 Å². The highest BCUT2D eigenvalue weighted by Crippen LogP contribution is 2.45. The minimum atomic E-state index is -0.458. The van der Waals surface area contributed by atoms with Crippen LogP contribution in [0.2, 0.25) is 10.0 Å². The zero-order valence-electron chi connectivity index (χ0n) is 19.0. The molecule has 2 aromatic carbocycles. The van der Waals surface area contributed by atoms with E-state index >= 15 is 0 Å². The monoisotopic (exact) mass is 518 g/mol. The predicted octanol–water partition coefficient (Wildman–Crippen LogP) is 6.74. The number of hydrogen-bond acceptors (Lipinski definition) is 7. The number of ether oxygens (including phenoxy) is 3. The van der Waals surface area contributed by atoms with Crippen LogP contribution in [0.1, 0.15) is 37.9 Å². The Labute approximate surface area is 213 Å². The lowest BCUT2D eigenvalue weighted by atomic mass is 9.94. The van der Waals surface area contributed by atoms with Crippen molar-refractivity contribution in [3.8, 4) is 11.5 Å². The second kappa shape index (κ2) is 10.8. The van der Waals surface area contributed by atoms with Crippen LogP contribution < -0.4 is 9.47 Å². The second-order valence-electron chi connectivity index (χ2n) is 7.50. The lowest BCUT2D eigenvalue weighted by Crippen LogP contribution is -2.34. The van der Waals surface area contributed by atoms with Crippen molar-refractivity contribution >= 4 is 46.1 Å². The molecule has 2 aliphatic rings. The first-order chi connectivity index (χ1) is 16.4. The van der Waals surface area contributed by atoms with E-state index in [0.717, 1.165) is 16.3 Å². The Morgan fingerprint density at radius 1 is 1.12 bits per heavy atom. The molecule has 2 aromatic rings. The van der Waals surface area contributed by atoms with Gasteiger partial charge in [-0.1, -0.05) is 47.1 Å². The molecule has 0 unspecified atom stereocenters. The van der Waals surface area contributed by atoms with E-state index in [9.17, 15) is 4.79 Å². The smallest absolute Gasteiger partial charge is 0.338 e. The molecule has 0 amide bonds. The highest BCUT2D eigenvalue weighted by atomic mass is 35.5. The fourth-order valence-corrected chi connectivity index (χ4v) is 4.97. The van der Waals surface area contributed by atoms with Gasteiger partial charge in [0.15, 0.2) is 16.7 Å². The van der Waals surface area contributed by atoms with Crippen molar-refractivity contribution in [2.75, 3.05) is 13.2 Å². The number of rotatable bonds is 8. The molecule has 178 valence electrons. The Balaban J connectivity index is 1.72. The molecule has 0 fully saturated rings. The number of thioether (sulfide) groups is 1. The van der Waals surface area contributed by atoms with Crippen molar-refractivity contribution in [2.45, 2.75) is 33.4 Å². The summed E-state index contributed by atoms with van der Waals surface area (Å²) in [5.41, 5.74) is 2.80. The van der Waals surface area contributed by atoms with Gasteiger partial charge < -0.3 is 19.1 Å². The topological polar surface area (TPSA) is 60.4 Å². The zero-order chi connectivity index (χ0) is 24.2. The van der Waals surface area contributed by atoms with Crippen LogP contribution in [0.5, 0.6) is 11.5 Å². The number of aliphatic imine (C=N–C) groups is 1. The lowest BCUT2D eigenvalue weighted by molar-refractivity contribution is -0.139. The van der Waals surface area contributed by atoms with Gasteiger partial charge in [-0.2, -0.15) is 0 Å². The number of carbonyl (C=O) groups excluding carboxylic acids is 1. The van der Waals surface area contributed by atoms with Gasteiger partial charge >= 0.3 is 5.97 Å². The molecule has 2 aliphatic heterocycles. The summed E-state index contributed by atoms with van der Waals surface area (Å²) in [6, 6.07) is 10.6. The summed E-state index contributed by atoms with van der Waals surface area (Å²) >= 11 is 14.2. The summed E-state index contributed by atoms with van der Waals surface area (Å²) in [6.45, 7) is 6.48. The van der Waals surface area contributed by atoms with E-state index in [-0.39, 0.29) is 6.61 Å². The highest BCUT2D eigenvalue weighted by Gasteiger charge is 2.38. The van der Waals surface area contributed by atoms with Gasteiger partial charge in [-0.25, -0.2) is 9.79 Å². The van der Waals surface area contributed by atoms with Gasteiger partial charge in [0.2, 0.25) is 0 Å². The SMILES string of the molecule is CCOC(=O)C1=C(C)N=C2SC=CN2[C@H]1c1cc(Cl)c(OCc2ccc(Cl)cc2)c(OCC)c1. The normalized spacial score (nSPS) is 16.9. The minimum Gasteiger partial charge on any atom is -0.490 e. The second-order valence-corrected chi connectivity index (χ2v) is 9.22. The number of esters is 1. The molecule has 0 bridgehead atoms. The maximum absolute atomic E-state index is 12.9. The molecule has 6 nitrogen and oxygen atoms in total. The summed E-state index contributed by atoms with van der Waals surface area (Å²) in [4.78, 5) is 19.5. The van der Waals surface area contributed by atoms with Crippen molar-refractivity contribution < 1.29 is 19.0 Å². The van der Waals surface area contributed by atoms with Crippen LogP contribution in [0.15, 0.2) is 64.3 Å². The largest absolute Gasteiger partial charge is 0.490 e. The molecule has 0 N–H and O–H groups in total. The van der Waals surface area contributed by atoms with Crippen LogP contribution >= 0.6 is 35.0 Å². The standard InChI is InChI=1S/C25H24Cl2N2O4S/c1-4-31-20-13-17(12-19(27)23(20)33-14-16-6-8-18(26)9-7-16)22-21(24(30)32-5-2)15(3)28-25-29(22)10-11-34-25/h6-13,22H,4-5,14H2,1-3H3/t22-/m0/s1. The van der Waals surface area contributed by atoms with Crippen LogP contribution in [0.4, 0.5) is 0 Å². The quantitative estimate of drug-likeness (QED) is 0.360. The molecule has 0 aromatic heterocycles. The van der Waals surface area contributed by atoms with E-state index in [1.807, 2.05) is 60.7 Å². The molecule has 2 heterocycles. The zero-order valence-corrected chi connectivity index (χ0v) is 21.3. The Bertz CT molecular complexity index is 1180. The van der Waals surface area contributed by atoms with E-state index in [4.69, 9.17) is 37.4 Å². The molecule has 4 rings (SSSR count). The summed E-state index contributed by atoms with van der Waals surface area (Å²) < 4.78 is 17.3. The molecule has 0 spiro atoms. The number of hydrogen-bond donors (Lipinski definition) is 0. The van der Waals surface area contributed by atoms with Crippen molar-refractivity contribution in [2.24, 2.45) is 4.99 Å². The first-order valence-corrected chi connectivity index (χ1v) is 12.5. The van der Waals surface area contributed by atoms with Crippen molar-refractivity contribution in [3.05, 3.63) is 80.4 Å². The Morgan fingerprint density at radius 2 is 1.88 bits per heavy atom. The Morgan fingerprint density at radius 3 is 2.59 bits per heavy atom. The molecule has 9 heteroatoms. The first kappa shape index (κ1) is 24.5. The van der Waals surface area contributed by atoms with E-state index < -0.39 is 12.0 Å². The molecule has 0 radical (unpaired) electrons. The number of halogens is 2. The molecule has 34 heavy (non-hydrogen) atoms. The van der Waals surface area contributed by atoms with Crippen LogP contribution in [0, 0.1) is 0 Å². The third-order valence-electron chi connectivity index (χ3n) is 5.26. The van der Waals surface area contributed by atoms with E-state index in [1.165, 1.54) is 11.8 Å². The maximum Gasteiger partial charge on any atom is 0.338 e. The van der Waals surface area contributed by atoms with Gasteiger partial charge in [0.25, 0.3) is 0 Å². The minimum absolute atomic E-state index is 0.270. The number of fused-ring (bicyclic) bond motifs is 1. The molecular formula is C25H24Cl2N2O4S. The van der Waals surface area contributed by atoms with Gasteiger partial charge in [0.05, 0.1) is 35.5 Å². The molecule has 1 atom stereocenters. The maximum atomic E-state index is 12.9. The van der Waals surface area contributed by atoms with Crippen LogP contribution in [-0.2, 0) is 16.1 Å². The summed E-state index contributed by atoms with van der Waals surface area (Å²) in [5.74, 6) is 0.534. The van der Waals surface area contributed by atoms with Crippen molar-refractivity contribution in [1.82, 2.24) is 4.90 Å². The fourth-order valence-electron chi connectivity index (χ4n) is 3.78. The van der Waals surface area contributed by atoms with Crippen molar-refractivity contribution in [3.63, 3.8) is 0 Å². The van der Waals surface area contributed by atoms with Gasteiger partial charge in [-0.05, 0) is 61.6 Å². The molecular weight excluding hydrogens is 495 g/mol. The molecule has 0 saturated carbocycles. The number of benzene rings is 2. The molecule has 0 saturated heterocycles. The highest BCUT2D eigenvalue weighted by molar-refractivity contribution is 8.16. The van der Waals surface area contributed by atoms with E-state index in [2.05, 4.69) is 4.99 Å². The fraction of sp³-hybridized carbons (Fsp3) is 0.280. The summed E-state index contributed by atoms with van der Waals surface area (Å²) in [7, 11) is 0. The van der Waals surface area contributed by atoms with Gasteiger partial charge in [-0.15, -0.1) is 0 Å². The number of carbonyl (C=O) groups is 1. The first-order valence-electron chi connectivity index (χ1n) is 10.8. The summed E-state index contributed by atoms with van der Waals surface area (Å²) in [5, 5.41) is 3.76. The van der Waals surface area contributed by atoms with E-state index in [0.29, 0.717) is 46.0 Å². The van der Waals surface area contributed by atoms with Crippen molar-refractivity contribution in [1.29, 1.82) is 0 Å². The number of amidine groups is 1. The van der Waals surface area contributed by atoms with Gasteiger partial charge in [0, 0.05) is 11.2 Å². The van der Waals surface area contributed by atoms with E-state index in [1.54, 1.807) is 13.0 Å². The Hall–Kier alpha value is -2.61. The molecule has 0 aliphatic carbocycles. The average molecular weight is 519 g/mol. The number of allylic oxidation sites excluding steroid dienone is 1. The predicted molar refractivity (Wildman–Crippen MR) is 136 cm³/mol.